The van der Waals surface area contributed by atoms with Gasteiger partial charge in [0, 0.05) is 19.6 Å². The van der Waals surface area contributed by atoms with E-state index in [1.165, 1.54) is 38.5 Å². The van der Waals surface area contributed by atoms with Crippen molar-refractivity contribution in [2.24, 2.45) is 5.92 Å². The van der Waals surface area contributed by atoms with E-state index in [0.717, 1.165) is 44.8 Å². The van der Waals surface area contributed by atoms with Crippen molar-refractivity contribution < 1.29 is 4.79 Å². The molecule has 0 aromatic heterocycles. The molecular weight excluding hydrogens is 212 g/mol. The number of rotatable bonds is 3. The SMILES string of the molecule is O=C([N]CCC1CCCCCC1)N1CCCC1. The Morgan fingerprint density at radius 2 is 1.65 bits per heavy atom. The molecule has 3 heteroatoms. The van der Waals surface area contributed by atoms with Crippen LogP contribution >= 0.6 is 0 Å². The van der Waals surface area contributed by atoms with Gasteiger partial charge in [-0.3, -0.25) is 0 Å². The molecule has 0 aromatic rings. The Morgan fingerprint density at radius 3 is 2.29 bits per heavy atom. The molecule has 2 aliphatic rings. The molecule has 1 radical (unpaired) electrons. The van der Waals surface area contributed by atoms with Gasteiger partial charge in [0.15, 0.2) is 0 Å². The zero-order valence-electron chi connectivity index (χ0n) is 10.9. The maximum absolute atomic E-state index is 11.7. The average Bonchev–Trinajstić information content (AvgIpc) is 2.75. The predicted octanol–water partition coefficient (Wildman–Crippen LogP) is 3.17. The van der Waals surface area contributed by atoms with Crippen molar-refractivity contribution in [3.8, 4) is 0 Å². The number of amides is 2. The fraction of sp³-hybridized carbons (Fsp3) is 0.929. The summed E-state index contributed by atoms with van der Waals surface area (Å²) in [6.45, 7) is 2.59. The van der Waals surface area contributed by atoms with Gasteiger partial charge < -0.3 is 4.90 Å². The first-order valence-corrected chi connectivity index (χ1v) is 7.32. The number of carbonyl (C=O) groups is 1. The van der Waals surface area contributed by atoms with Crippen molar-refractivity contribution in [3.05, 3.63) is 0 Å². The van der Waals surface area contributed by atoms with Gasteiger partial charge in [-0.05, 0) is 25.2 Å². The van der Waals surface area contributed by atoms with Gasteiger partial charge in [0.1, 0.15) is 0 Å². The molecule has 1 heterocycles. The summed E-state index contributed by atoms with van der Waals surface area (Å²) < 4.78 is 0. The molecule has 2 amide bonds. The summed E-state index contributed by atoms with van der Waals surface area (Å²) in [5.41, 5.74) is 0. The van der Waals surface area contributed by atoms with Gasteiger partial charge in [0.2, 0.25) is 0 Å². The van der Waals surface area contributed by atoms with Crippen LogP contribution in [-0.4, -0.2) is 30.6 Å². The Hall–Kier alpha value is -0.730. The molecule has 2 fully saturated rings. The molecule has 1 saturated carbocycles. The van der Waals surface area contributed by atoms with Gasteiger partial charge in [-0.15, -0.1) is 0 Å². The summed E-state index contributed by atoms with van der Waals surface area (Å²) in [6.07, 6.45) is 11.7. The molecule has 17 heavy (non-hydrogen) atoms. The van der Waals surface area contributed by atoms with Gasteiger partial charge in [0.25, 0.3) is 0 Å². The molecule has 0 aromatic carbocycles. The Labute approximate surface area is 105 Å². The van der Waals surface area contributed by atoms with E-state index in [1.54, 1.807) is 0 Å². The van der Waals surface area contributed by atoms with E-state index >= 15 is 0 Å². The highest BCUT2D eigenvalue weighted by Gasteiger charge is 2.19. The molecule has 97 valence electrons. The molecule has 1 aliphatic heterocycles. The lowest BCUT2D eigenvalue weighted by molar-refractivity contribution is 0.206. The fourth-order valence-electron chi connectivity index (χ4n) is 3.00. The number of nitrogens with zero attached hydrogens (tertiary/aromatic N) is 2. The monoisotopic (exact) mass is 237 g/mol. The highest BCUT2D eigenvalue weighted by atomic mass is 16.2. The minimum atomic E-state index is 0.0381. The second kappa shape index (κ2) is 6.87. The topological polar surface area (TPSA) is 34.4 Å². The lowest BCUT2D eigenvalue weighted by Gasteiger charge is -2.16. The highest BCUT2D eigenvalue weighted by Crippen LogP contribution is 2.25. The van der Waals surface area contributed by atoms with Gasteiger partial charge in [-0.1, -0.05) is 38.5 Å². The second-order valence-corrected chi connectivity index (χ2v) is 5.50. The summed E-state index contributed by atoms with van der Waals surface area (Å²) in [5.74, 6) is 0.827. The van der Waals surface area contributed by atoms with Crippen molar-refractivity contribution in [1.82, 2.24) is 10.2 Å². The van der Waals surface area contributed by atoms with Crippen molar-refractivity contribution in [2.75, 3.05) is 19.6 Å². The van der Waals surface area contributed by atoms with Gasteiger partial charge in [-0.25, -0.2) is 10.1 Å². The minimum Gasteiger partial charge on any atom is -0.323 e. The molecule has 0 atom stereocenters. The number of hydrogen-bond acceptors (Lipinski definition) is 1. The van der Waals surface area contributed by atoms with Crippen LogP contribution in [0.5, 0.6) is 0 Å². The molecule has 3 nitrogen and oxygen atoms in total. The molecule has 1 aliphatic carbocycles. The third kappa shape index (κ3) is 4.21. The zero-order valence-corrected chi connectivity index (χ0v) is 10.9. The van der Waals surface area contributed by atoms with Crippen LogP contribution in [0.3, 0.4) is 0 Å². The van der Waals surface area contributed by atoms with Crippen molar-refractivity contribution in [1.29, 1.82) is 0 Å². The number of likely N-dealkylation sites (tertiary alicyclic amines) is 1. The normalized spacial score (nSPS) is 22.5. The number of carbonyl (C=O) groups excluding carboxylic acids is 1. The van der Waals surface area contributed by atoms with E-state index < -0.39 is 0 Å². The van der Waals surface area contributed by atoms with E-state index in [9.17, 15) is 4.79 Å². The van der Waals surface area contributed by atoms with Crippen molar-refractivity contribution in [3.63, 3.8) is 0 Å². The first-order valence-electron chi connectivity index (χ1n) is 7.32. The summed E-state index contributed by atoms with van der Waals surface area (Å²) in [6, 6.07) is 0.0381. The maximum atomic E-state index is 11.7. The van der Waals surface area contributed by atoms with E-state index in [1.807, 2.05) is 4.90 Å². The first kappa shape index (κ1) is 12.7. The van der Waals surface area contributed by atoms with Crippen LogP contribution in [0.1, 0.15) is 57.8 Å². The fourth-order valence-corrected chi connectivity index (χ4v) is 3.00. The third-order valence-corrected chi connectivity index (χ3v) is 4.14. The maximum Gasteiger partial charge on any atom is 0.338 e. The van der Waals surface area contributed by atoms with Gasteiger partial charge in [-0.2, -0.15) is 0 Å². The summed E-state index contributed by atoms with van der Waals surface area (Å²) in [5, 5.41) is 4.22. The van der Waals surface area contributed by atoms with Crippen LogP contribution in [-0.2, 0) is 0 Å². The van der Waals surface area contributed by atoms with Crippen LogP contribution in [0.25, 0.3) is 0 Å². The smallest absolute Gasteiger partial charge is 0.323 e. The third-order valence-electron chi connectivity index (χ3n) is 4.14. The standard InChI is InChI=1S/C14H25N2O/c17-14(16-11-5-6-12-16)15-10-9-13-7-3-1-2-4-8-13/h13H,1-12H2. The minimum absolute atomic E-state index is 0.0381. The van der Waals surface area contributed by atoms with Gasteiger partial charge >= 0.3 is 6.03 Å². The van der Waals surface area contributed by atoms with Crippen molar-refractivity contribution in [2.45, 2.75) is 57.8 Å². The van der Waals surface area contributed by atoms with Crippen LogP contribution in [0.2, 0.25) is 0 Å². The van der Waals surface area contributed by atoms with E-state index in [-0.39, 0.29) is 6.03 Å². The molecule has 0 bridgehead atoms. The van der Waals surface area contributed by atoms with Crippen LogP contribution in [0.15, 0.2) is 0 Å². The molecular formula is C14H25N2O. The molecule has 0 unspecified atom stereocenters. The Bertz CT molecular complexity index is 228. The first-order chi connectivity index (χ1) is 8.36. The van der Waals surface area contributed by atoms with Crippen LogP contribution in [0, 0.1) is 5.92 Å². The zero-order chi connectivity index (χ0) is 11.9. The van der Waals surface area contributed by atoms with Gasteiger partial charge in [0.05, 0.1) is 0 Å². The molecule has 0 N–H and O–H groups in total. The Morgan fingerprint density at radius 1 is 1.00 bits per heavy atom. The largest absolute Gasteiger partial charge is 0.338 e. The number of hydrogen-bond donors (Lipinski definition) is 0. The molecule has 0 spiro atoms. The average molecular weight is 237 g/mol. The summed E-state index contributed by atoms with van der Waals surface area (Å²) >= 11 is 0. The van der Waals surface area contributed by atoms with Crippen molar-refractivity contribution >= 4 is 6.03 Å². The van der Waals surface area contributed by atoms with Crippen LogP contribution < -0.4 is 5.32 Å². The van der Waals surface area contributed by atoms with Crippen LogP contribution in [0.4, 0.5) is 4.79 Å². The molecule has 2 rings (SSSR count). The summed E-state index contributed by atoms with van der Waals surface area (Å²) in [7, 11) is 0. The predicted molar refractivity (Wildman–Crippen MR) is 69.0 cm³/mol. The quantitative estimate of drug-likeness (QED) is 0.694. The lowest BCUT2D eigenvalue weighted by atomic mass is 9.97. The number of urea groups is 1. The Balaban J connectivity index is 1.59. The molecule has 1 saturated heterocycles. The highest BCUT2D eigenvalue weighted by molar-refractivity contribution is 5.74. The second-order valence-electron chi connectivity index (χ2n) is 5.50. The lowest BCUT2D eigenvalue weighted by Crippen LogP contribution is -2.34. The van der Waals surface area contributed by atoms with E-state index in [2.05, 4.69) is 5.32 Å². The van der Waals surface area contributed by atoms with E-state index in [0.29, 0.717) is 0 Å². The summed E-state index contributed by atoms with van der Waals surface area (Å²) in [4.78, 5) is 13.6. The Kier molecular flexibility index (Phi) is 5.14. The van der Waals surface area contributed by atoms with E-state index in [4.69, 9.17) is 0 Å².